The number of carbonyl (C=O) groups excluding carboxylic acids is 3. The fraction of sp³-hybridized carbons (Fsp3) is 0.794. The van der Waals surface area contributed by atoms with Crippen molar-refractivity contribution < 1.29 is 28.6 Å². The SMILES string of the molecule is CC/C=C\C/C=C\C/C=C\C/C=C\C/C=C\CCCCCCCC(=O)OCC(COC(=O)CCCCCCCCCCCCCCCCC)OC(=O)CCCCCCCCCCCCCCCCC. The van der Waals surface area contributed by atoms with Gasteiger partial charge in [-0.1, -0.05) is 281 Å². The third kappa shape index (κ3) is 55.9. The van der Waals surface area contributed by atoms with Crippen molar-refractivity contribution in [3.05, 3.63) is 60.8 Å². The maximum absolute atomic E-state index is 12.9. The van der Waals surface area contributed by atoms with Crippen molar-refractivity contribution in [2.45, 2.75) is 309 Å². The highest BCUT2D eigenvalue weighted by atomic mass is 16.6. The van der Waals surface area contributed by atoms with E-state index in [4.69, 9.17) is 14.2 Å². The lowest BCUT2D eigenvalue weighted by molar-refractivity contribution is -0.167. The zero-order chi connectivity index (χ0) is 50.0. The highest BCUT2D eigenvalue weighted by Crippen LogP contribution is 2.17. The van der Waals surface area contributed by atoms with E-state index < -0.39 is 6.10 Å². The van der Waals surface area contributed by atoms with E-state index in [1.54, 1.807) is 0 Å². The van der Waals surface area contributed by atoms with Gasteiger partial charge in [-0.2, -0.15) is 0 Å². The topological polar surface area (TPSA) is 78.9 Å². The Morgan fingerprint density at radius 3 is 0.884 bits per heavy atom. The lowest BCUT2D eigenvalue weighted by Gasteiger charge is -2.18. The Morgan fingerprint density at radius 1 is 0.304 bits per heavy atom. The van der Waals surface area contributed by atoms with Crippen LogP contribution in [-0.2, 0) is 28.6 Å². The van der Waals surface area contributed by atoms with Gasteiger partial charge in [-0.25, -0.2) is 0 Å². The molecule has 6 nitrogen and oxygen atoms in total. The number of ether oxygens (including phenoxy) is 3. The molecule has 1 unspecified atom stereocenters. The van der Waals surface area contributed by atoms with Gasteiger partial charge in [0.1, 0.15) is 13.2 Å². The summed E-state index contributed by atoms with van der Waals surface area (Å²) in [6.07, 6.45) is 72.1. The Kier molecular flexibility index (Phi) is 55.3. The minimum absolute atomic E-state index is 0.0761. The first-order valence-electron chi connectivity index (χ1n) is 29.8. The van der Waals surface area contributed by atoms with Gasteiger partial charge in [0.25, 0.3) is 0 Å². The van der Waals surface area contributed by atoms with E-state index in [0.29, 0.717) is 19.3 Å². The Labute approximate surface area is 428 Å². The van der Waals surface area contributed by atoms with E-state index in [2.05, 4.69) is 81.5 Å². The summed E-state index contributed by atoms with van der Waals surface area (Å²) in [7, 11) is 0. The van der Waals surface area contributed by atoms with Crippen molar-refractivity contribution in [2.75, 3.05) is 13.2 Å². The predicted octanol–water partition coefficient (Wildman–Crippen LogP) is 20.0. The molecule has 0 aromatic rings. The fourth-order valence-corrected chi connectivity index (χ4v) is 8.59. The van der Waals surface area contributed by atoms with Crippen molar-refractivity contribution in [1.82, 2.24) is 0 Å². The standard InChI is InChI=1S/C63H112O6/c1-4-7-10-13-16-19-22-25-28-29-30-31-32-33-36-38-41-44-47-50-53-56-62(65)68-59-60(69-63(66)57-54-51-48-45-42-39-35-27-24-21-18-15-12-9-6-3)58-67-61(64)55-52-49-46-43-40-37-34-26-23-20-17-14-11-8-5-2/h7,10,16,19,25,28,30-31,33,36,60H,4-6,8-9,11-15,17-18,20-24,26-27,29,32,34-35,37-59H2,1-3H3/b10-7-,19-16-,28-25-,31-30-,36-33-. The summed E-state index contributed by atoms with van der Waals surface area (Å²) in [5, 5.41) is 0. The second kappa shape index (κ2) is 57.7. The van der Waals surface area contributed by atoms with Gasteiger partial charge in [0.05, 0.1) is 0 Å². The Hall–Kier alpha value is -2.89. The van der Waals surface area contributed by atoms with E-state index in [1.165, 1.54) is 154 Å². The molecule has 400 valence electrons. The lowest BCUT2D eigenvalue weighted by Crippen LogP contribution is -2.30. The van der Waals surface area contributed by atoms with Crippen LogP contribution >= 0.6 is 0 Å². The van der Waals surface area contributed by atoms with Gasteiger partial charge in [-0.15, -0.1) is 0 Å². The minimum atomic E-state index is -0.779. The van der Waals surface area contributed by atoms with E-state index in [0.717, 1.165) is 109 Å². The first kappa shape index (κ1) is 66.1. The first-order chi connectivity index (χ1) is 34.0. The normalized spacial score (nSPS) is 12.4. The molecule has 0 amide bonds. The van der Waals surface area contributed by atoms with Crippen molar-refractivity contribution in [2.24, 2.45) is 0 Å². The minimum Gasteiger partial charge on any atom is -0.462 e. The molecule has 0 saturated carbocycles. The zero-order valence-electron chi connectivity index (χ0n) is 45.8. The molecule has 0 fully saturated rings. The summed E-state index contributed by atoms with van der Waals surface area (Å²) in [5.74, 6) is -0.879. The summed E-state index contributed by atoms with van der Waals surface area (Å²) in [4.78, 5) is 38.2. The van der Waals surface area contributed by atoms with Gasteiger partial charge in [0, 0.05) is 19.3 Å². The number of rotatable bonds is 54. The molecule has 1 atom stereocenters. The van der Waals surface area contributed by atoms with Crippen molar-refractivity contribution in [1.29, 1.82) is 0 Å². The Balaban J connectivity index is 4.37. The zero-order valence-corrected chi connectivity index (χ0v) is 45.8. The van der Waals surface area contributed by atoms with Crippen LogP contribution in [0.2, 0.25) is 0 Å². The summed E-state index contributed by atoms with van der Waals surface area (Å²) < 4.78 is 16.9. The predicted molar refractivity (Wildman–Crippen MR) is 298 cm³/mol. The molecule has 0 aromatic heterocycles. The van der Waals surface area contributed by atoms with Gasteiger partial charge in [0.2, 0.25) is 0 Å². The van der Waals surface area contributed by atoms with Gasteiger partial charge in [-0.3, -0.25) is 14.4 Å². The molecule has 0 saturated heterocycles. The molecule has 0 aromatic carbocycles. The molecule has 6 heteroatoms. The van der Waals surface area contributed by atoms with E-state index >= 15 is 0 Å². The van der Waals surface area contributed by atoms with Crippen LogP contribution in [0.1, 0.15) is 303 Å². The van der Waals surface area contributed by atoms with Crippen molar-refractivity contribution in [3.63, 3.8) is 0 Å². The monoisotopic (exact) mass is 965 g/mol. The van der Waals surface area contributed by atoms with Crippen LogP contribution < -0.4 is 0 Å². The average Bonchev–Trinajstić information content (AvgIpc) is 3.35. The first-order valence-corrected chi connectivity index (χ1v) is 29.8. The highest BCUT2D eigenvalue weighted by Gasteiger charge is 2.19. The second-order valence-electron chi connectivity index (χ2n) is 19.9. The van der Waals surface area contributed by atoms with Crippen LogP contribution in [0.25, 0.3) is 0 Å². The molecule has 0 bridgehead atoms. The lowest BCUT2D eigenvalue weighted by atomic mass is 10.0. The summed E-state index contributed by atoms with van der Waals surface area (Å²) in [6.45, 7) is 6.55. The van der Waals surface area contributed by atoms with Crippen LogP contribution in [0.5, 0.6) is 0 Å². The van der Waals surface area contributed by atoms with Gasteiger partial charge in [-0.05, 0) is 64.2 Å². The molecule has 0 aliphatic carbocycles. The second-order valence-corrected chi connectivity index (χ2v) is 19.9. The smallest absolute Gasteiger partial charge is 0.306 e. The third-order valence-electron chi connectivity index (χ3n) is 13.0. The summed E-state index contributed by atoms with van der Waals surface area (Å²) >= 11 is 0. The van der Waals surface area contributed by atoms with Crippen LogP contribution in [0.3, 0.4) is 0 Å². The number of esters is 3. The molecule has 0 heterocycles. The molecule has 0 aliphatic heterocycles. The molecule has 0 aliphatic rings. The van der Waals surface area contributed by atoms with E-state index in [-0.39, 0.29) is 31.1 Å². The van der Waals surface area contributed by atoms with Crippen LogP contribution in [-0.4, -0.2) is 37.2 Å². The summed E-state index contributed by atoms with van der Waals surface area (Å²) in [5.41, 5.74) is 0. The fourth-order valence-electron chi connectivity index (χ4n) is 8.59. The van der Waals surface area contributed by atoms with E-state index in [1.807, 2.05) is 0 Å². The average molecular weight is 966 g/mol. The summed E-state index contributed by atoms with van der Waals surface area (Å²) in [6, 6.07) is 0. The largest absolute Gasteiger partial charge is 0.462 e. The van der Waals surface area contributed by atoms with Crippen LogP contribution in [0.15, 0.2) is 60.8 Å². The molecule has 0 rings (SSSR count). The number of unbranched alkanes of at least 4 members (excludes halogenated alkanes) is 33. The molecular weight excluding hydrogens is 853 g/mol. The molecule has 0 spiro atoms. The van der Waals surface area contributed by atoms with E-state index in [9.17, 15) is 14.4 Å². The van der Waals surface area contributed by atoms with Gasteiger partial charge < -0.3 is 14.2 Å². The van der Waals surface area contributed by atoms with Gasteiger partial charge >= 0.3 is 17.9 Å². The number of hydrogen-bond acceptors (Lipinski definition) is 6. The number of hydrogen-bond donors (Lipinski definition) is 0. The van der Waals surface area contributed by atoms with Crippen LogP contribution in [0, 0.1) is 0 Å². The number of carbonyl (C=O) groups is 3. The Bertz CT molecular complexity index is 1250. The quantitative estimate of drug-likeness (QED) is 0.0262. The van der Waals surface area contributed by atoms with Crippen LogP contribution in [0.4, 0.5) is 0 Å². The van der Waals surface area contributed by atoms with Crippen molar-refractivity contribution >= 4 is 17.9 Å². The Morgan fingerprint density at radius 2 is 0.565 bits per heavy atom. The molecule has 0 N–H and O–H groups in total. The number of allylic oxidation sites excluding steroid dienone is 10. The third-order valence-corrected chi connectivity index (χ3v) is 13.0. The highest BCUT2D eigenvalue weighted by molar-refractivity contribution is 5.71. The molecular formula is C63H112O6. The maximum Gasteiger partial charge on any atom is 0.306 e. The molecule has 0 radical (unpaired) electrons. The van der Waals surface area contributed by atoms with Crippen molar-refractivity contribution in [3.8, 4) is 0 Å². The van der Waals surface area contributed by atoms with Gasteiger partial charge in [0.15, 0.2) is 6.10 Å². The molecule has 69 heavy (non-hydrogen) atoms. The maximum atomic E-state index is 12.9.